The molecule has 0 fully saturated rings. The maximum atomic E-state index is 13.6. The van der Waals surface area contributed by atoms with Crippen LogP contribution in [0.25, 0.3) is 0 Å². The van der Waals surface area contributed by atoms with Crippen molar-refractivity contribution in [3.8, 4) is 0 Å². The summed E-state index contributed by atoms with van der Waals surface area (Å²) >= 11 is 0. The van der Waals surface area contributed by atoms with Crippen molar-refractivity contribution in [3.63, 3.8) is 0 Å². The molecule has 4 nitrogen and oxygen atoms in total. The predicted octanol–water partition coefficient (Wildman–Crippen LogP) is 3.33. The molecule has 0 bridgehead atoms. The van der Waals surface area contributed by atoms with E-state index in [1.807, 2.05) is 6.92 Å². The summed E-state index contributed by atoms with van der Waals surface area (Å²) in [7, 11) is 1.57. The van der Waals surface area contributed by atoms with Crippen LogP contribution in [-0.2, 0) is 9.59 Å². The zero-order chi connectivity index (χ0) is 17.8. The number of unbranched alkanes of at least 4 members (excludes halogenated alkanes) is 1. The Balaban J connectivity index is 2.91. The molecule has 0 aliphatic carbocycles. The third kappa shape index (κ3) is 4.24. The highest BCUT2D eigenvalue weighted by molar-refractivity contribution is 6.09. The fourth-order valence-electron chi connectivity index (χ4n) is 1.97. The van der Waals surface area contributed by atoms with Crippen molar-refractivity contribution in [2.45, 2.75) is 33.6 Å². The summed E-state index contributed by atoms with van der Waals surface area (Å²) < 4.78 is 39.7. The monoisotopic (exact) mass is 330 g/mol. The molecule has 0 saturated carbocycles. The number of nitrogens with zero attached hydrogens (tertiary/aromatic N) is 1. The summed E-state index contributed by atoms with van der Waals surface area (Å²) in [5.41, 5.74) is -1.98. The fourth-order valence-corrected chi connectivity index (χ4v) is 1.97. The lowest BCUT2D eigenvalue weighted by molar-refractivity contribution is -0.145. The number of rotatable bonds is 6. The second-order valence-corrected chi connectivity index (χ2v) is 5.88. The van der Waals surface area contributed by atoms with E-state index in [1.165, 1.54) is 18.7 Å². The van der Waals surface area contributed by atoms with Gasteiger partial charge in [0.1, 0.15) is 5.41 Å². The number of carbonyl (C=O) groups is 2. The van der Waals surface area contributed by atoms with Gasteiger partial charge in [-0.2, -0.15) is 0 Å². The number of amides is 2. The minimum absolute atomic E-state index is 0.438. The van der Waals surface area contributed by atoms with E-state index in [4.69, 9.17) is 0 Å². The molecular formula is C16H21F3N2O2. The van der Waals surface area contributed by atoms with Gasteiger partial charge >= 0.3 is 0 Å². The van der Waals surface area contributed by atoms with Gasteiger partial charge in [-0.05, 0) is 32.4 Å². The molecule has 0 saturated heterocycles. The smallest absolute Gasteiger partial charge is 0.239 e. The predicted molar refractivity (Wildman–Crippen MR) is 81.3 cm³/mol. The normalized spacial score (nSPS) is 11.3. The van der Waals surface area contributed by atoms with Crippen LogP contribution in [0.1, 0.15) is 33.6 Å². The summed E-state index contributed by atoms with van der Waals surface area (Å²) in [6.45, 7) is 5.25. The number of carbonyl (C=O) groups excluding carboxylic acids is 2. The fraction of sp³-hybridized carbons (Fsp3) is 0.500. The topological polar surface area (TPSA) is 49.4 Å². The minimum atomic E-state index is -1.67. The number of hydrogen-bond acceptors (Lipinski definition) is 2. The highest BCUT2D eigenvalue weighted by Crippen LogP contribution is 2.25. The molecular weight excluding hydrogens is 309 g/mol. The third-order valence-corrected chi connectivity index (χ3v) is 3.58. The van der Waals surface area contributed by atoms with E-state index in [1.54, 1.807) is 7.05 Å². The number of halogens is 3. The molecule has 0 aliphatic rings. The number of nitrogens with one attached hydrogen (secondary N) is 1. The van der Waals surface area contributed by atoms with E-state index in [0.29, 0.717) is 12.6 Å². The Hall–Kier alpha value is -2.05. The average Bonchev–Trinajstić information content (AvgIpc) is 2.52. The van der Waals surface area contributed by atoms with E-state index in [2.05, 4.69) is 5.32 Å². The van der Waals surface area contributed by atoms with Gasteiger partial charge in [0.05, 0.1) is 5.69 Å². The van der Waals surface area contributed by atoms with Gasteiger partial charge in [0.25, 0.3) is 0 Å². The lowest BCUT2D eigenvalue weighted by Crippen LogP contribution is -2.46. The van der Waals surface area contributed by atoms with Crippen LogP contribution in [0.5, 0.6) is 0 Å². The van der Waals surface area contributed by atoms with Gasteiger partial charge in [-0.3, -0.25) is 9.59 Å². The molecule has 1 aromatic rings. The van der Waals surface area contributed by atoms with Crippen molar-refractivity contribution in [2.24, 2.45) is 5.41 Å². The van der Waals surface area contributed by atoms with Gasteiger partial charge in [0.2, 0.25) is 11.8 Å². The van der Waals surface area contributed by atoms with Crippen LogP contribution < -0.4 is 5.32 Å². The molecule has 128 valence electrons. The Bertz CT molecular complexity index is 603. The lowest BCUT2D eigenvalue weighted by Gasteiger charge is -2.28. The summed E-state index contributed by atoms with van der Waals surface area (Å²) in [5.74, 6) is -5.76. The van der Waals surface area contributed by atoms with Crippen molar-refractivity contribution in [1.29, 1.82) is 0 Å². The van der Waals surface area contributed by atoms with Crippen LogP contribution >= 0.6 is 0 Å². The molecule has 0 unspecified atom stereocenters. The first kappa shape index (κ1) is 19.0. The Morgan fingerprint density at radius 2 is 1.78 bits per heavy atom. The molecule has 7 heteroatoms. The van der Waals surface area contributed by atoms with Crippen LogP contribution in [0.2, 0.25) is 0 Å². The van der Waals surface area contributed by atoms with Crippen molar-refractivity contribution in [3.05, 3.63) is 29.6 Å². The first-order valence-corrected chi connectivity index (χ1v) is 7.33. The van der Waals surface area contributed by atoms with Crippen molar-refractivity contribution < 1.29 is 22.8 Å². The molecule has 0 heterocycles. The third-order valence-electron chi connectivity index (χ3n) is 3.58. The Morgan fingerprint density at radius 3 is 2.35 bits per heavy atom. The highest BCUT2D eigenvalue weighted by atomic mass is 19.2. The molecule has 0 aromatic heterocycles. The van der Waals surface area contributed by atoms with Crippen LogP contribution in [0, 0.1) is 22.9 Å². The van der Waals surface area contributed by atoms with E-state index >= 15 is 0 Å². The first-order valence-electron chi connectivity index (χ1n) is 7.33. The highest BCUT2D eigenvalue weighted by Gasteiger charge is 2.38. The van der Waals surface area contributed by atoms with E-state index in [-0.39, 0.29) is 0 Å². The summed E-state index contributed by atoms with van der Waals surface area (Å²) in [6.07, 6.45) is 1.68. The minimum Gasteiger partial charge on any atom is -0.345 e. The largest absolute Gasteiger partial charge is 0.345 e. The average molecular weight is 330 g/mol. The van der Waals surface area contributed by atoms with Gasteiger partial charge in [-0.15, -0.1) is 0 Å². The zero-order valence-electron chi connectivity index (χ0n) is 13.7. The molecule has 1 rings (SSSR count). The maximum Gasteiger partial charge on any atom is 0.239 e. The molecule has 0 spiro atoms. The summed E-state index contributed by atoms with van der Waals surface area (Å²) in [4.78, 5) is 26.0. The molecule has 23 heavy (non-hydrogen) atoms. The van der Waals surface area contributed by atoms with Gasteiger partial charge < -0.3 is 10.2 Å². The van der Waals surface area contributed by atoms with Crippen molar-refractivity contribution in [2.75, 3.05) is 18.9 Å². The first-order chi connectivity index (χ1) is 10.6. The van der Waals surface area contributed by atoms with Crippen LogP contribution in [0.15, 0.2) is 12.1 Å². The van der Waals surface area contributed by atoms with Gasteiger partial charge in [0.15, 0.2) is 17.5 Å². The quantitative estimate of drug-likeness (QED) is 0.642. The molecule has 1 aromatic carbocycles. The Kier molecular flexibility index (Phi) is 6.18. The van der Waals surface area contributed by atoms with Crippen LogP contribution in [0.3, 0.4) is 0 Å². The van der Waals surface area contributed by atoms with Crippen LogP contribution in [-0.4, -0.2) is 30.3 Å². The summed E-state index contributed by atoms with van der Waals surface area (Å²) in [5, 5.41) is 2.14. The number of anilines is 1. The maximum absolute atomic E-state index is 13.6. The van der Waals surface area contributed by atoms with Crippen LogP contribution in [0.4, 0.5) is 18.9 Å². The van der Waals surface area contributed by atoms with E-state index in [0.717, 1.165) is 18.9 Å². The molecule has 1 N–H and O–H groups in total. The number of hydrogen-bond donors (Lipinski definition) is 1. The molecule has 0 radical (unpaired) electrons. The van der Waals surface area contributed by atoms with Gasteiger partial charge in [-0.1, -0.05) is 13.3 Å². The second kappa shape index (κ2) is 7.48. The zero-order valence-corrected chi connectivity index (χ0v) is 13.7. The van der Waals surface area contributed by atoms with Gasteiger partial charge in [0, 0.05) is 13.6 Å². The molecule has 2 amide bonds. The SMILES string of the molecule is CCCCN(C)C(=O)C(C)(C)C(=O)Nc1ccc(F)c(F)c1F. The van der Waals surface area contributed by atoms with Crippen molar-refractivity contribution >= 4 is 17.5 Å². The Morgan fingerprint density at radius 1 is 1.17 bits per heavy atom. The van der Waals surface area contributed by atoms with Crippen molar-refractivity contribution in [1.82, 2.24) is 4.90 Å². The van der Waals surface area contributed by atoms with Gasteiger partial charge in [-0.25, -0.2) is 13.2 Å². The van der Waals surface area contributed by atoms with E-state index < -0.39 is 40.4 Å². The standard InChI is InChI=1S/C16H21F3N2O2/c1-5-6-9-21(4)15(23)16(2,3)14(22)20-11-8-7-10(17)12(18)13(11)19/h7-8H,5-6,9H2,1-4H3,(H,20,22). The number of benzene rings is 1. The van der Waals surface area contributed by atoms with E-state index in [9.17, 15) is 22.8 Å². The molecule has 0 aliphatic heterocycles. The second-order valence-electron chi connectivity index (χ2n) is 5.88. The lowest BCUT2D eigenvalue weighted by atomic mass is 9.90. The summed E-state index contributed by atoms with van der Waals surface area (Å²) in [6, 6.07) is 1.61. The molecule has 0 atom stereocenters. The Labute approximate surface area is 133 Å².